The first kappa shape index (κ1) is 21.1. The Balaban J connectivity index is 1.52. The second-order valence-electron chi connectivity index (χ2n) is 8.40. The van der Waals surface area contributed by atoms with Crippen LogP contribution in [0.2, 0.25) is 0 Å². The van der Waals surface area contributed by atoms with Gasteiger partial charge in [0.2, 0.25) is 5.91 Å². The van der Waals surface area contributed by atoms with Crippen molar-refractivity contribution in [2.24, 2.45) is 11.8 Å². The molecule has 2 atom stereocenters. The van der Waals surface area contributed by atoms with E-state index in [2.05, 4.69) is 53.6 Å². The number of benzene rings is 2. The fraction of sp³-hybridized carbons (Fsp3) is 0.417. The lowest BCUT2D eigenvalue weighted by atomic mass is 9.91. The smallest absolute Gasteiger partial charge is 0.251 e. The zero-order valence-electron chi connectivity index (χ0n) is 17.6. The van der Waals surface area contributed by atoms with Gasteiger partial charge in [-0.05, 0) is 47.6 Å². The average molecular weight is 394 g/mol. The monoisotopic (exact) mass is 393 g/mol. The van der Waals surface area contributed by atoms with Crippen LogP contribution in [0.15, 0.2) is 48.5 Å². The predicted molar refractivity (Wildman–Crippen MR) is 117 cm³/mol. The molecule has 5 heteroatoms. The first-order chi connectivity index (χ1) is 13.9. The molecule has 1 heterocycles. The Morgan fingerprint density at radius 3 is 2.31 bits per heavy atom. The minimum absolute atomic E-state index is 0.155. The summed E-state index contributed by atoms with van der Waals surface area (Å²) < 4.78 is 0. The number of rotatable bonds is 6. The van der Waals surface area contributed by atoms with Gasteiger partial charge < -0.3 is 10.6 Å². The molecular weight excluding hydrogens is 362 g/mol. The van der Waals surface area contributed by atoms with Gasteiger partial charge in [-0.3, -0.25) is 14.5 Å². The van der Waals surface area contributed by atoms with Crippen molar-refractivity contribution in [3.8, 4) is 0 Å². The largest absolute Gasteiger partial charge is 0.348 e. The fourth-order valence-corrected chi connectivity index (χ4v) is 4.17. The summed E-state index contributed by atoms with van der Waals surface area (Å²) in [5.74, 6) is 1.21. The summed E-state index contributed by atoms with van der Waals surface area (Å²) in [5, 5.41) is 5.64. The molecule has 0 aliphatic carbocycles. The van der Waals surface area contributed by atoms with E-state index in [1.807, 2.05) is 0 Å². The molecule has 154 valence electrons. The van der Waals surface area contributed by atoms with Gasteiger partial charge >= 0.3 is 0 Å². The summed E-state index contributed by atoms with van der Waals surface area (Å²) in [6.45, 7) is 9.90. The molecule has 29 heavy (non-hydrogen) atoms. The number of likely N-dealkylation sites (tertiary alicyclic amines) is 1. The normalized spacial score (nSPS) is 19.6. The molecule has 2 unspecified atom stereocenters. The van der Waals surface area contributed by atoms with Crippen molar-refractivity contribution in [3.05, 3.63) is 65.2 Å². The average Bonchev–Trinajstić information content (AvgIpc) is 2.66. The lowest BCUT2D eigenvalue weighted by molar-refractivity contribution is -0.114. The molecule has 1 aliphatic rings. The summed E-state index contributed by atoms with van der Waals surface area (Å²) in [6, 6.07) is 15.4. The minimum atomic E-state index is -0.156. The molecule has 1 aliphatic heterocycles. The molecule has 2 amide bonds. The van der Waals surface area contributed by atoms with Crippen molar-refractivity contribution < 1.29 is 9.59 Å². The molecule has 2 aromatic rings. The number of hydrogen-bond acceptors (Lipinski definition) is 3. The van der Waals surface area contributed by atoms with Crippen LogP contribution in [0.3, 0.4) is 0 Å². The van der Waals surface area contributed by atoms with Crippen molar-refractivity contribution in [1.29, 1.82) is 0 Å². The van der Waals surface area contributed by atoms with Crippen molar-refractivity contribution in [1.82, 2.24) is 10.2 Å². The van der Waals surface area contributed by atoms with E-state index in [0.717, 1.165) is 23.9 Å². The lowest BCUT2D eigenvalue weighted by Crippen LogP contribution is -2.38. The number of carbonyl (C=O) groups excluding carboxylic acids is 2. The zero-order chi connectivity index (χ0) is 20.8. The van der Waals surface area contributed by atoms with Crippen LogP contribution in [0.5, 0.6) is 0 Å². The van der Waals surface area contributed by atoms with Crippen LogP contribution < -0.4 is 10.6 Å². The van der Waals surface area contributed by atoms with Gasteiger partial charge in [0.05, 0.1) is 0 Å². The van der Waals surface area contributed by atoms with Gasteiger partial charge in [-0.25, -0.2) is 0 Å². The Morgan fingerprint density at radius 1 is 1.00 bits per heavy atom. The fourth-order valence-electron chi connectivity index (χ4n) is 4.17. The van der Waals surface area contributed by atoms with Crippen molar-refractivity contribution in [2.75, 3.05) is 18.4 Å². The van der Waals surface area contributed by atoms with Crippen LogP contribution in [0.4, 0.5) is 5.69 Å². The highest BCUT2D eigenvalue weighted by Crippen LogP contribution is 2.22. The van der Waals surface area contributed by atoms with Crippen molar-refractivity contribution in [3.63, 3.8) is 0 Å². The summed E-state index contributed by atoms with van der Waals surface area (Å²) in [5.41, 5.74) is 3.53. The molecule has 2 aromatic carbocycles. The van der Waals surface area contributed by atoms with Gasteiger partial charge in [-0.2, -0.15) is 0 Å². The van der Waals surface area contributed by atoms with E-state index >= 15 is 0 Å². The van der Waals surface area contributed by atoms with Crippen LogP contribution in [0.25, 0.3) is 0 Å². The molecule has 0 bridgehead atoms. The third kappa shape index (κ3) is 6.43. The van der Waals surface area contributed by atoms with E-state index in [4.69, 9.17) is 0 Å². The van der Waals surface area contributed by atoms with Crippen LogP contribution in [0, 0.1) is 11.8 Å². The SMILES string of the molecule is CC(=O)Nc1cccc(C(=O)NCc2ccc(CN3CC(C)CC(C)C3)cc2)c1. The maximum absolute atomic E-state index is 12.4. The zero-order valence-corrected chi connectivity index (χ0v) is 17.6. The highest BCUT2D eigenvalue weighted by molar-refractivity contribution is 5.96. The molecule has 0 radical (unpaired) electrons. The van der Waals surface area contributed by atoms with Gasteiger partial charge in [-0.15, -0.1) is 0 Å². The van der Waals surface area contributed by atoms with Crippen molar-refractivity contribution >= 4 is 17.5 Å². The maximum Gasteiger partial charge on any atom is 0.251 e. The first-order valence-corrected chi connectivity index (χ1v) is 10.3. The van der Waals surface area contributed by atoms with Crippen LogP contribution in [-0.4, -0.2) is 29.8 Å². The highest BCUT2D eigenvalue weighted by Gasteiger charge is 2.21. The molecule has 3 rings (SSSR count). The Kier molecular flexibility index (Phi) is 7.04. The Bertz CT molecular complexity index is 837. The van der Waals surface area contributed by atoms with Crippen LogP contribution in [-0.2, 0) is 17.9 Å². The number of amides is 2. The number of piperidine rings is 1. The first-order valence-electron chi connectivity index (χ1n) is 10.3. The van der Waals surface area contributed by atoms with Crippen LogP contribution in [0.1, 0.15) is 48.7 Å². The highest BCUT2D eigenvalue weighted by atomic mass is 16.2. The Hall–Kier alpha value is -2.66. The molecule has 2 N–H and O–H groups in total. The second-order valence-corrected chi connectivity index (χ2v) is 8.40. The van der Waals surface area contributed by atoms with Crippen LogP contribution >= 0.6 is 0 Å². The molecule has 5 nitrogen and oxygen atoms in total. The molecular formula is C24H31N3O2. The summed E-state index contributed by atoms with van der Waals surface area (Å²) in [6.07, 6.45) is 1.32. The van der Waals surface area contributed by atoms with Gasteiger partial charge in [-0.1, -0.05) is 44.2 Å². The standard InChI is InChI=1S/C24H31N3O2/c1-17-11-18(2)15-27(14-17)16-21-9-7-20(8-10-21)13-25-24(29)22-5-4-6-23(12-22)26-19(3)28/h4-10,12,17-18H,11,13-16H2,1-3H3,(H,25,29)(H,26,28). The quantitative estimate of drug-likeness (QED) is 0.778. The molecule has 0 saturated carbocycles. The van der Waals surface area contributed by atoms with Gasteiger partial charge in [0.15, 0.2) is 0 Å². The molecule has 1 fully saturated rings. The summed E-state index contributed by atoms with van der Waals surface area (Å²) >= 11 is 0. The van der Waals surface area contributed by atoms with Gasteiger partial charge in [0.25, 0.3) is 5.91 Å². The van der Waals surface area contributed by atoms with Gasteiger partial charge in [0.1, 0.15) is 0 Å². The van der Waals surface area contributed by atoms with Gasteiger partial charge in [0, 0.05) is 44.4 Å². The number of hydrogen-bond donors (Lipinski definition) is 2. The second kappa shape index (κ2) is 9.70. The predicted octanol–water partition coefficient (Wildman–Crippen LogP) is 4.05. The van der Waals surface area contributed by atoms with E-state index in [9.17, 15) is 9.59 Å². The van der Waals surface area contributed by atoms with E-state index in [0.29, 0.717) is 17.8 Å². The van der Waals surface area contributed by atoms with E-state index in [1.54, 1.807) is 24.3 Å². The third-order valence-electron chi connectivity index (χ3n) is 5.27. The van der Waals surface area contributed by atoms with E-state index < -0.39 is 0 Å². The molecule has 0 aromatic heterocycles. The molecule has 0 spiro atoms. The number of nitrogens with one attached hydrogen (secondary N) is 2. The Labute approximate surface area is 173 Å². The van der Waals surface area contributed by atoms with Crippen molar-refractivity contribution in [2.45, 2.75) is 40.3 Å². The topological polar surface area (TPSA) is 61.4 Å². The van der Waals surface area contributed by atoms with E-state index in [1.165, 1.54) is 32.0 Å². The molecule has 1 saturated heterocycles. The lowest BCUT2D eigenvalue weighted by Gasteiger charge is -2.35. The third-order valence-corrected chi connectivity index (χ3v) is 5.27. The number of carbonyl (C=O) groups is 2. The maximum atomic E-state index is 12.4. The van der Waals surface area contributed by atoms with E-state index in [-0.39, 0.29) is 11.8 Å². The minimum Gasteiger partial charge on any atom is -0.348 e. The number of nitrogens with zero attached hydrogens (tertiary/aromatic N) is 1. The number of anilines is 1. The summed E-state index contributed by atoms with van der Waals surface area (Å²) in [7, 11) is 0. The summed E-state index contributed by atoms with van der Waals surface area (Å²) in [4.78, 5) is 26.1. The Morgan fingerprint density at radius 2 is 1.66 bits per heavy atom.